The highest BCUT2D eigenvalue weighted by atomic mass is 79.9. The number of benzene rings is 1. The molecule has 0 saturated heterocycles. The van der Waals surface area contributed by atoms with Crippen molar-refractivity contribution in [2.24, 2.45) is 0 Å². The van der Waals surface area contributed by atoms with E-state index in [-0.39, 0.29) is 12.0 Å². The summed E-state index contributed by atoms with van der Waals surface area (Å²) in [5.74, 6) is 0.0728. The average Bonchev–Trinajstić information content (AvgIpc) is 2.59. The Balaban J connectivity index is 2.28. The van der Waals surface area contributed by atoms with Crippen LogP contribution in [0.15, 0.2) is 27.2 Å². The summed E-state index contributed by atoms with van der Waals surface area (Å²) in [6, 6.07) is 5.65. The number of nitrogens with zero attached hydrogens (tertiary/aromatic N) is 2. The first-order valence-electron chi connectivity index (χ1n) is 3.97. The third kappa shape index (κ3) is 2.21. The number of aromatic nitrogens is 2. The molecule has 0 aliphatic rings. The van der Waals surface area contributed by atoms with Crippen LogP contribution in [0.1, 0.15) is 0 Å². The summed E-state index contributed by atoms with van der Waals surface area (Å²) in [4.78, 5) is 3.79. The average molecular weight is 290 g/mol. The van der Waals surface area contributed by atoms with Gasteiger partial charge in [-0.2, -0.15) is 4.98 Å². The first kappa shape index (κ1) is 10.3. The van der Waals surface area contributed by atoms with Crippen LogP contribution in [0.4, 0.5) is 17.7 Å². The van der Waals surface area contributed by atoms with Gasteiger partial charge in [0.2, 0.25) is 0 Å². The maximum atomic E-state index is 6.02. The lowest BCUT2D eigenvalue weighted by Gasteiger charge is -2.04. The van der Waals surface area contributed by atoms with Gasteiger partial charge in [0, 0.05) is 4.47 Å². The summed E-state index contributed by atoms with van der Waals surface area (Å²) in [6.07, 6.45) is 0. The van der Waals surface area contributed by atoms with Crippen LogP contribution in [0.25, 0.3) is 0 Å². The van der Waals surface area contributed by atoms with Crippen molar-refractivity contribution in [3.63, 3.8) is 0 Å². The van der Waals surface area contributed by atoms with Crippen molar-refractivity contribution in [2.75, 3.05) is 11.1 Å². The maximum Gasteiger partial charge on any atom is 0.327 e. The lowest BCUT2D eigenvalue weighted by molar-refractivity contribution is 0.436. The van der Waals surface area contributed by atoms with Gasteiger partial charge in [0.1, 0.15) is 0 Å². The molecule has 0 unspecified atom stereocenters. The Morgan fingerprint density at radius 2 is 2.27 bits per heavy atom. The second-order valence-corrected chi connectivity index (χ2v) is 3.92. The molecule has 1 aromatic heterocycles. The van der Waals surface area contributed by atoms with Crippen molar-refractivity contribution in [2.45, 2.75) is 0 Å². The molecule has 15 heavy (non-hydrogen) atoms. The number of rotatable bonds is 2. The lowest BCUT2D eigenvalue weighted by Crippen LogP contribution is -1.92. The summed E-state index contributed by atoms with van der Waals surface area (Å²) < 4.78 is 5.57. The molecule has 2 aromatic rings. The Morgan fingerprint density at radius 1 is 1.47 bits per heavy atom. The maximum absolute atomic E-state index is 6.02. The molecule has 3 N–H and O–H groups in total. The third-order valence-corrected chi connectivity index (χ3v) is 2.93. The Hall–Kier alpha value is -1.27. The van der Waals surface area contributed by atoms with Crippen LogP contribution >= 0.6 is 27.5 Å². The summed E-state index contributed by atoms with van der Waals surface area (Å²) in [7, 11) is 0. The van der Waals surface area contributed by atoms with Gasteiger partial charge in [0.25, 0.3) is 5.95 Å². The van der Waals surface area contributed by atoms with Crippen LogP contribution in [-0.4, -0.2) is 10.1 Å². The van der Waals surface area contributed by atoms with Crippen LogP contribution in [0.3, 0.4) is 0 Å². The van der Waals surface area contributed by atoms with Crippen molar-refractivity contribution in [1.29, 1.82) is 0 Å². The summed E-state index contributed by atoms with van der Waals surface area (Å²) in [5.41, 5.74) is 5.96. The van der Waals surface area contributed by atoms with Crippen molar-refractivity contribution in [1.82, 2.24) is 10.1 Å². The van der Waals surface area contributed by atoms with Crippen molar-refractivity contribution >= 4 is 45.2 Å². The third-order valence-electron chi connectivity index (χ3n) is 1.63. The van der Waals surface area contributed by atoms with Gasteiger partial charge in [-0.05, 0) is 33.2 Å². The highest BCUT2D eigenvalue weighted by Crippen LogP contribution is 2.31. The topological polar surface area (TPSA) is 77.0 Å². The first-order chi connectivity index (χ1) is 7.16. The van der Waals surface area contributed by atoms with E-state index in [0.29, 0.717) is 10.7 Å². The number of nitrogens with one attached hydrogen (secondary N) is 1. The largest absolute Gasteiger partial charge is 0.365 e. The van der Waals surface area contributed by atoms with Crippen LogP contribution in [0, 0.1) is 0 Å². The molecule has 0 fully saturated rings. The Bertz CT molecular complexity index is 487. The molecule has 0 bridgehead atoms. The minimum Gasteiger partial charge on any atom is -0.365 e. The predicted octanol–water partition coefficient (Wildman–Crippen LogP) is 2.81. The highest BCUT2D eigenvalue weighted by Gasteiger charge is 2.07. The molecule has 0 atom stereocenters. The number of nitrogens with two attached hydrogens (primary N) is 1. The van der Waals surface area contributed by atoms with E-state index in [4.69, 9.17) is 21.9 Å². The molecule has 0 spiro atoms. The zero-order chi connectivity index (χ0) is 10.8. The second-order valence-electron chi connectivity index (χ2n) is 2.68. The van der Waals surface area contributed by atoms with Crippen LogP contribution in [0.2, 0.25) is 5.02 Å². The summed E-state index contributed by atoms with van der Waals surface area (Å²) >= 11 is 9.32. The van der Waals surface area contributed by atoms with Crippen molar-refractivity contribution < 1.29 is 4.52 Å². The molecule has 2 rings (SSSR count). The standard InChI is InChI=1S/C8H6BrClN4O/c9-4-2-1-3-5(6(4)10)12-8-13-7(11)14-15-8/h1-3H,(H3,11,12,13,14). The molecule has 5 nitrogen and oxygen atoms in total. The van der Waals surface area contributed by atoms with Gasteiger partial charge in [-0.3, -0.25) is 0 Å². The molecular formula is C8H6BrClN4O. The zero-order valence-electron chi connectivity index (χ0n) is 7.37. The van der Waals surface area contributed by atoms with E-state index >= 15 is 0 Å². The van der Waals surface area contributed by atoms with Crippen LogP contribution in [-0.2, 0) is 0 Å². The van der Waals surface area contributed by atoms with E-state index in [9.17, 15) is 0 Å². The molecule has 0 radical (unpaired) electrons. The molecule has 1 heterocycles. The molecular weight excluding hydrogens is 283 g/mol. The number of anilines is 3. The van der Waals surface area contributed by atoms with Gasteiger partial charge in [-0.25, -0.2) is 0 Å². The van der Waals surface area contributed by atoms with Crippen LogP contribution in [0.5, 0.6) is 0 Å². The van der Waals surface area contributed by atoms with E-state index in [1.54, 1.807) is 6.07 Å². The van der Waals surface area contributed by atoms with E-state index in [1.165, 1.54) is 0 Å². The van der Waals surface area contributed by atoms with E-state index in [1.807, 2.05) is 12.1 Å². The lowest BCUT2D eigenvalue weighted by atomic mass is 10.3. The summed E-state index contributed by atoms with van der Waals surface area (Å²) in [6.45, 7) is 0. The fourth-order valence-electron chi connectivity index (χ4n) is 1.00. The second kappa shape index (κ2) is 4.08. The SMILES string of the molecule is Nc1noc(Nc2cccc(Br)c2Cl)n1. The van der Waals surface area contributed by atoms with Crippen molar-refractivity contribution in [3.8, 4) is 0 Å². The fraction of sp³-hybridized carbons (Fsp3) is 0. The highest BCUT2D eigenvalue weighted by molar-refractivity contribution is 9.10. The zero-order valence-corrected chi connectivity index (χ0v) is 9.71. The van der Waals surface area contributed by atoms with Gasteiger partial charge < -0.3 is 15.6 Å². The minimum absolute atomic E-state index is 0.0728. The number of nitrogen functional groups attached to an aromatic ring is 1. The Labute approximate surface area is 98.7 Å². The van der Waals surface area contributed by atoms with E-state index in [0.717, 1.165) is 4.47 Å². The van der Waals surface area contributed by atoms with Gasteiger partial charge in [-0.15, -0.1) is 0 Å². The van der Waals surface area contributed by atoms with Gasteiger partial charge >= 0.3 is 6.01 Å². The fourth-order valence-corrected chi connectivity index (χ4v) is 1.54. The van der Waals surface area contributed by atoms with E-state index in [2.05, 4.69) is 31.4 Å². The summed E-state index contributed by atoms with van der Waals surface area (Å²) in [5, 5.41) is 6.83. The minimum atomic E-state index is 0.0728. The smallest absolute Gasteiger partial charge is 0.327 e. The Kier molecular flexibility index (Phi) is 2.79. The van der Waals surface area contributed by atoms with Crippen LogP contribution < -0.4 is 11.1 Å². The van der Waals surface area contributed by atoms with Gasteiger partial charge in [0.05, 0.1) is 10.7 Å². The number of halogens is 2. The number of hydrogen-bond acceptors (Lipinski definition) is 5. The van der Waals surface area contributed by atoms with Gasteiger partial charge in [0.15, 0.2) is 0 Å². The molecule has 0 aliphatic carbocycles. The molecule has 78 valence electrons. The quantitative estimate of drug-likeness (QED) is 0.889. The monoisotopic (exact) mass is 288 g/mol. The van der Waals surface area contributed by atoms with Gasteiger partial charge in [-0.1, -0.05) is 17.7 Å². The normalized spacial score (nSPS) is 10.3. The molecule has 0 aliphatic heterocycles. The first-order valence-corrected chi connectivity index (χ1v) is 5.14. The Morgan fingerprint density at radius 3 is 2.93 bits per heavy atom. The van der Waals surface area contributed by atoms with E-state index < -0.39 is 0 Å². The number of hydrogen-bond donors (Lipinski definition) is 2. The molecule has 7 heteroatoms. The molecule has 0 amide bonds. The predicted molar refractivity (Wildman–Crippen MR) is 61.1 cm³/mol. The van der Waals surface area contributed by atoms with Crippen molar-refractivity contribution in [3.05, 3.63) is 27.7 Å². The molecule has 1 aromatic carbocycles. The molecule has 0 saturated carbocycles.